The summed E-state index contributed by atoms with van der Waals surface area (Å²) in [6.07, 6.45) is 0.571. The van der Waals surface area contributed by atoms with Crippen LogP contribution in [0, 0.1) is 11.8 Å². The maximum Gasteiger partial charge on any atom is 0.309 e. The van der Waals surface area contributed by atoms with Crippen molar-refractivity contribution in [3.8, 4) is 23.0 Å². The van der Waals surface area contributed by atoms with Crippen molar-refractivity contribution in [2.24, 2.45) is 11.8 Å². The molecule has 0 N–H and O–H groups in total. The van der Waals surface area contributed by atoms with E-state index in [-0.39, 0.29) is 26.4 Å². The Morgan fingerprint density at radius 1 is 0.733 bits per heavy atom. The van der Waals surface area contributed by atoms with Gasteiger partial charge in [-0.15, -0.1) is 0 Å². The highest BCUT2D eigenvalue weighted by atomic mass is 16.7. The van der Waals surface area contributed by atoms with Crippen LogP contribution < -0.4 is 18.9 Å². The number of fused-ring (bicyclic) bond motifs is 2. The maximum absolute atomic E-state index is 12.7. The topological polar surface area (TPSA) is 89.5 Å². The van der Waals surface area contributed by atoms with Crippen molar-refractivity contribution in [1.29, 1.82) is 0 Å². The maximum atomic E-state index is 12.7. The molecule has 2 aliphatic heterocycles. The number of benzene rings is 2. The molecule has 2 heterocycles. The average molecular weight is 414 g/mol. The number of methoxy groups -OCH3 is 2. The van der Waals surface area contributed by atoms with Gasteiger partial charge in [-0.25, -0.2) is 0 Å². The minimum atomic E-state index is -0.742. The lowest BCUT2D eigenvalue weighted by atomic mass is 9.82. The first-order valence-corrected chi connectivity index (χ1v) is 9.51. The molecule has 0 unspecified atom stereocenters. The lowest BCUT2D eigenvalue weighted by Gasteiger charge is -2.23. The molecule has 0 bridgehead atoms. The number of hydrogen-bond donors (Lipinski definition) is 0. The van der Waals surface area contributed by atoms with Crippen LogP contribution in [0.15, 0.2) is 36.4 Å². The molecule has 0 fully saturated rings. The Hall–Kier alpha value is -3.42. The van der Waals surface area contributed by atoms with Crippen LogP contribution in [0.4, 0.5) is 0 Å². The number of esters is 2. The third-order valence-electron chi connectivity index (χ3n) is 5.28. The number of rotatable bonds is 7. The summed E-state index contributed by atoms with van der Waals surface area (Å²) < 4.78 is 31.5. The highest BCUT2D eigenvalue weighted by molar-refractivity contribution is 5.82. The fourth-order valence-electron chi connectivity index (χ4n) is 3.73. The van der Waals surface area contributed by atoms with E-state index in [9.17, 15) is 9.59 Å². The standard InChI is InChI=1S/C22H22O8/c1-25-21(23)15(7-13-3-5-17-19(9-13)29-11-27-17)16(22(24)26-2)8-14-4-6-18-20(10-14)30-12-28-18/h3-6,9-10,15-16H,7-8,11-12H2,1-2H3/t15-,16+. The van der Waals surface area contributed by atoms with Crippen LogP contribution in [-0.2, 0) is 31.9 Å². The summed E-state index contributed by atoms with van der Waals surface area (Å²) in [6, 6.07) is 10.9. The van der Waals surface area contributed by atoms with Gasteiger partial charge in [0.2, 0.25) is 13.6 Å². The molecule has 0 saturated carbocycles. The monoisotopic (exact) mass is 414 g/mol. The van der Waals surface area contributed by atoms with Crippen LogP contribution in [0.5, 0.6) is 23.0 Å². The summed E-state index contributed by atoms with van der Waals surface area (Å²) >= 11 is 0. The summed E-state index contributed by atoms with van der Waals surface area (Å²) in [5.41, 5.74) is 1.66. The van der Waals surface area contributed by atoms with Crippen molar-refractivity contribution in [1.82, 2.24) is 0 Å². The second-order valence-corrected chi connectivity index (χ2v) is 7.04. The minimum absolute atomic E-state index is 0.161. The quantitative estimate of drug-likeness (QED) is 0.639. The van der Waals surface area contributed by atoms with Crippen molar-refractivity contribution in [3.63, 3.8) is 0 Å². The highest BCUT2D eigenvalue weighted by Crippen LogP contribution is 2.36. The van der Waals surface area contributed by atoms with Gasteiger partial charge in [0.15, 0.2) is 23.0 Å². The third-order valence-corrected chi connectivity index (χ3v) is 5.28. The van der Waals surface area contributed by atoms with Gasteiger partial charge in [-0.3, -0.25) is 9.59 Å². The molecular weight excluding hydrogens is 392 g/mol. The van der Waals surface area contributed by atoms with Crippen molar-refractivity contribution < 1.29 is 38.0 Å². The first-order chi connectivity index (χ1) is 14.6. The van der Waals surface area contributed by atoms with Crippen LogP contribution in [0.1, 0.15) is 11.1 Å². The van der Waals surface area contributed by atoms with Gasteiger partial charge in [0, 0.05) is 0 Å². The van der Waals surface area contributed by atoms with Gasteiger partial charge in [-0.2, -0.15) is 0 Å². The van der Waals surface area contributed by atoms with Gasteiger partial charge in [-0.05, 0) is 48.2 Å². The molecule has 0 amide bonds. The van der Waals surface area contributed by atoms with Crippen molar-refractivity contribution in [2.75, 3.05) is 27.8 Å². The smallest absolute Gasteiger partial charge is 0.309 e. The molecule has 2 aliphatic rings. The summed E-state index contributed by atoms with van der Waals surface area (Å²) in [4.78, 5) is 25.3. The molecular formula is C22H22O8. The molecule has 2 aromatic rings. The Morgan fingerprint density at radius 3 is 1.53 bits per heavy atom. The molecule has 2 atom stereocenters. The average Bonchev–Trinajstić information content (AvgIpc) is 3.43. The molecule has 0 saturated heterocycles. The minimum Gasteiger partial charge on any atom is -0.469 e. The molecule has 30 heavy (non-hydrogen) atoms. The Labute approximate surface area is 173 Å². The number of carbonyl (C=O) groups is 2. The fraction of sp³-hybridized carbons (Fsp3) is 0.364. The largest absolute Gasteiger partial charge is 0.469 e. The van der Waals surface area contributed by atoms with E-state index in [1.165, 1.54) is 14.2 Å². The number of carbonyl (C=O) groups excluding carboxylic acids is 2. The first kappa shape index (κ1) is 19.9. The second kappa shape index (κ2) is 8.52. The van der Waals surface area contributed by atoms with Crippen LogP contribution in [0.2, 0.25) is 0 Å². The van der Waals surface area contributed by atoms with Gasteiger partial charge < -0.3 is 28.4 Å². The molecule has 8 nitrogen and oxygen atoms in total. The van der Waals surface area contributed by atoms with E-state index in [1.54, 1.807) is 12.1 Å². The van der Waals surface area contributed by atoms with Gasteiger partial charge in [0.1, 0.15) is 0 Å². The molecule has 8 heteroatoms. The van der Waals surface area contributed by atoms with E-state index in [2.05, 4.69) is 0 Å². The highest BCUT2D eigenvalue weighted by Gasteiger charge is 2.36. The molecule has 2 aromatic carbocycles. The third kappa shape index (κ3) is 3.98. The van der Waals surface area contributed by atoms with Gasteiger partial charge in [0.25, 0.3) is 0 Å². The van der Waals surface area contributed by atoms with Gasteiger partial charge >= 0.3 is 11.9 Å². The van der Waals surface area contributed by atoms with Gasteiger partial charge in [-0.1, -0.05) is 12.1 Å². The van der Waals surface area contributed by atoms with Crippen LogP contribution in [0.25, 0.3) is 0 Å². The number of hydrogen-bond acceptors (Lipinski definition) is 8. The predicted octanol–water partition coefficient (Wildman–Crippen LogP) is 2.51. The molecule has 0 spiro atoms. The summed E-state index contributed by atoms with van der Waals surface area (Å²) in [5.74, 6) is 0.0774. The zero-order valence-electron chi connectivity index (χ0n) is 16.7. The Kier molecular flexibility index (Phi) is 5.65. The molecule has 158 valence electrons. The van der Waals surface area contributed by atoms with E-state index >= 15 is 0 Å². The Morgan fingerprint density at radius 2 is 1.13 bits per heavy atom. The van der Waals surface area contributed by atoms with E-state index in [0.717, 1.165) is 11.1 Å². The SMILES string of the molecule is COC(=O)[C@@H](Cc1ccc2c(c1)OCO2)[C@@H](Cc1ccc2c(c1)OCO2)C(=O)OC. The first-order valence-electron chi connectivity index (χ1n) is 9.51. The van der Waals surface area contributed by atoms with Gasteiger partial charge in [0.05, 0.1) is 26.1 Å². The zero-order valence-corrected chi connectivity index (χ0v) is 16.7. The lowest BCUT2D eigenvalue weighted by Crippen LogP contribution is -2.34. The second-order valence-electron chi connectivity index (χ2n) is 7.04. The zero-order chi connectivity index (χ0) is 21.1. The summed E-state index contributed by atoms with van der Waals surface area (Å²) in [7, 11) is 2.62. The number of ether oxygens (including phenoxy) is 6. The van der Waals surface area contributed by atoms with Crippen molar-refractivity contribution in [2.45, 2.75) is 12.8 Å². The van der Waals surface area contributed by atoms with Crippen LogP contribution in [0.3, 0.4) is 0 Å². The molecule has 0 aliphatic carbocycles. The Bertz CT molecular complexity index is 877. The van der Waals surface area contributed by atoms with E-state index in [0.29, 0.717) is 23.0 Å². The predicted molar refractivity (Wildman–Crippen MR) is 104 cm³/mol. The van der Waals surface area contributed by atoms with E-state index < -0.39 is 23.8 Å². The summed E-state index contributed by atoms with van der Waals surface area (Å²) in [6.45, 7) is 0.322. The summed E-state index contributed by atoms with van der Waals surface area (Å²) in [5, 5.41) is 0. The molecule has 0 radical (unpaired) electrons. The normalized spacial score (nSPS) is 15.4. The lowest BCUT2D eigenvalue weighted by molar-refractivity contribution is -0.157. The fourth-order valence-corrected chi connectivity index (χ4v) is 3.73. The van der Waals surface area contributed by atoms with Crippen molar-refractivity contribution >= 4 is 11.9 Å². The van der Waals surface area contributed by atoms with E-state index in [1.807, 2.05) is 24.3 Å². The van der Waals surface area contributed by atoms with Crippen LogP contribution >= 0.6 is 0 Å². The molecule has 0 aromatic heterocycles. The molecule has 4 rings (SSSR count). The van der Waals surface area contributed by atoms with Crippen LogP contribution in [-0.4, -0.2) is 39.7 Å². The Balaban J connectivity index is 1.61. The van der Waals surface area contributed by atoms with Crippen molar-refractivity contribution in [3.05, 3.63) is 47.5 Å². The van der Waals surface area contributed by atoms with E-state index in [4.69, 9.17) is 28.4 Å².